The van der Waals surface area contributed by atoms with Crippen LogP contribution in [0.2, 0.25) is 0 Å². The van der Waals surface area contributed by atoms with E-state index in [9.17, 15) is 4.79 Å². The number of para-hydroxylation sites is 1. The number of aromatic nitrogens is 2. The number of nitrogens with one attached hydrogen (secondary N) is 1. The van der Waals surface area contributed by atoms with Crippen molar-refractivity contribution in [1.29, 1.82) is 0 Å². The molecular weight excluding hydrogens is 344 g/mol. The zero-order chi connectivity index (χ0) is 17.9. The van der Waals surface area contributed by atoms with E-state index in [0.29, 0.717) is 10.8 Å². The Hall–Kier alpha value is -2.31. The van der Waals surface area contributed by atoms with Gasteiger partial charge in [0.2, 0.25) is 0 Å². The van der Waals surface area contributed by atoms with Crippen LogP contribution >= 0.6 is 11.3 Å². The highest BCUT2D eigenvalue weighted by atomic mass is 32.1. The number of benzene rings is 1. The summed E-state index contributed by atoms with van der Waals surface area (Å²) in [5, 5.41) is 6.56. The van der Waals surface area contributed by atoms with Gasteiger partial charge in [0.25, 0.3) is 5.91 Å². The molecule has 1 fully saturated rings. The molecule has 0 aliphatic carbocycles. The van der Waals surface area contributed by atoms with Crippen LogP contribution in [-0.2, 0) is 6.54 Å². The Kier molecular flexibility index (Phi) is 4.95. The largest absolute Gasteiger partial charge is 0.297 e. The van der Waals surface area contributed by atoms with Crippen molar-refractivity contribution in [3.05, 3.63) is 53.2 Å². The third kappa shape index (κ3) is 3.92. The lowest BCUT2D eigenvalue weighted by Gasteiger charge is -2.30. The van der Waals surface area contributed by atoms with E-state index in [1.165, 1.54) is 24.2 Å². The number of rotatable bonds is 4. The smallest absolute Gasteiger partial charge is 0.276 e. The average molecular weight is 366 g/mol. The Labute approximate surface area is 157 Å². The molecule has 5 nitrogen and oxygen atoms in total. The molecule has 1 aliphatic rings. The highest BCUT2D eigenvalue weighted by molar-refractivity contribution is 7.13. The molecule has 0 radical (unpaired) electrons. The van der Waals surface area contributed by atoms with Crippen LogP contribution in [0.15, 0.2) is 41.8 Å². The summed E-state index contributed by atoms with van der Waals surface area (Å²) in [5.41, 5.74) is 2.25. The molecule has 1 saturated heterocycles. The molecule has 2 aromatic heterocycles. The summed E-state index contributed by atoms with van der Waals surface area (Å²) >= 11 is 1.47. The van der Waals surface area contributed by atoms with E-state index in [2.05, 4.69) is 27.1 Å². The second-order valence-corrected chi connectivity index (χ2v) is 7.83. The summed E-state index contributed by atoms with van der Waals surface area (Å²) < 4.78 is 0. The minimum Gasteiger partial charge on any atom is -0.297 e. The average Bonchev–Trinajstić information content (AvgIpc) is 3.08. The molecule has 1 aliphatic heterocycles. The molecule has 1 aromatic carbocycles. The quantitative estimate of drug-likeness (QED) is 0.753. The van der Waals surface area contributed by atoms with Crippen molar-refractivity contribution < 1.29 is 4.79 Å². The van der Waals surface area contributed by atoms with E-state index in [1.54, 1.807) is 6.07 Å². The van der Waals surface area contributed by atoms with Crippen LogP contribution in [0.4, 0.5) is 5.13 Å². The number of pyridine rings is 1. The Morgan fingerprint density at radius 2 is 2.15 bits per heavy atom. The van der Waals surface area contributed by atoms with Crippen LogP contribution < -0.4 is 5.32 Å². The molecule has 26 heavy (non-hydrogen) atoms. The minimum absolute atomic E-state index is 0.219. The Balaban J connectivity index is 1.42. The number of carbonyl (C=O) groups excluding carboxylic acids is 1. The number of piperidine rings is 1. The maximum Gasteiger partial charge on any atom is 0.276 e. The van der Waals surface area contributed by atoms with Crippen LogP contribution in [-0.4, -0.2) is 33.9 Å². The van der Waals surface area contributed by atoms with Gasteiger partial charge in [0.05, 0.1) is 11.2 Å². The molecule has 0 bridgehead atoms. The summed E-state index contributed by atoms with van der Waals surface area (Å²) in [6.45, 7) is 5.41. The lowest BCUT2D eigenvalue weighted by atomic mass is 10.0. The monoisotopic (exact) mass is 366 g/mol. The van der Waals surface area contributed by atoms with Gasteiger partial charge in [0, 0.05) is 23.9 Å². The summed E-state index contributed by atoms with van der Waals surface area (Å²) in [6.07, 6.45) is 2.57. The van der Waals surface area contributed by atoms with Gasteiger partial charge in [-0.25, -0.2) is 9.97 Å². The number of anilines is 1. The molecule has 1 amide bonds. The summed E-state index contributed by atoms with van der Waals surface area (Å²) in [5.74, 6) is 0.531. The van der Waals surface area contributed by atoms with E-state index >= 15 is 0 Å². The number of fused-ring (bicyclic) bond motifs is 1. The fraction of sp³-hybridized carbons (Fsp3) is 0.350. The summed E-state index contributed by atoms with van der Waals surface area (Å²) in [4.78, 5) is 23.9. The minimum atomic E-state index is -0.219. The first-order valence-corrected chi connectivity index (χ1v) is 9.89. The third-order valence-electron chi connectivity index (χ3n) is 4.73. The van der Waals surface area contributed by atoms with Crippen LogP contribution in [0.1, 0.15) is 35.9 Å². The first kappa shape index (κ1) is 17.1. The van der Waals surface area contributed by atoms with E-state index in [1.807, 2.05) is 35.7 Å². The van der Waals surface area contributed by atoms with Crippen LogP contribution in [0.3, 0.4) is 0 Å². The number of thiazole rings is 1. The maximum atomic E-state index is 12.5. The highest BCUT2D eigenvalue weighted by Crippen LogP contribution is 2.21. The predicted octanol–water partition coefficient (Wildman–Crippen LogP) is 4.18. The number of nitrogens with zero attached hydrogens (tertiary/aromatic N) is 3. The molecule has 6 heteroatoms. The number of hydrogen-bond donors (Lipinski definition) is 1. The molecule has 1 N–H and O–H groups in total. The topological polar surface area (TPSA) is 58.1 Å². The molecule has 3 aromatic rings. The van der Waals surface area contributed by atoms with Gasteiger partial charge in [-0.15, -0.1) is 11.3 Å². The molecular formula is C20H22N4OS. The second-order valence-electron chi connectivity index (χ2n) is 6.97. The van der Waals surface area contributed by atoms with E-state index in [4.69, 9.17) is 0 Å². The number of carbonyl (C=O) groups is 1. The normalized spacial score (nSPS) is 18.1. The predicted molar refractivity (Wildman–Crippen MR) is 105 cm³/mol. The van der Waals surface area contributed by atoms with Crippen molar-refractivity contribution in [2.45, 2.75) is 26.3 Å². The number of likely N-dealkylation sites (tertiary alicyclic amines) is 1. The van der Waals surface area contributed by atoms with Crippen LogP contribution in [0.25, 0.3) is 10.9 Å². The van der Waals surface area contributed by atoms with Crippen molar-refractivity contribution in [2.24, 2.45) is 5.92 Å². The van der Waals surface area contributed by atoms with Crippen LogP contribution in [0.5, 0.6) is 0 Å². The molecule has 0 saturated carbocycles. The van der Waals surface area contributed by atoms with Gasteiger partial charge in [-0.1, -0.05) is 31.2 Å². The molecule has 1 unspecified atom stereocenters. The Morgan fingerprint density at radius 3 is 3.04 bits per heavy atom. The van der Waals surface area contributed by atoms with Gasteiger partial charge in [-0.3, -0.25) is 15.0 Å². The zero-order valence-electron chi connectivity index (χ0n) is 14.8. The van der Waals surface area contributed by atoms with Gasteiger partial charge in [0.15, 0.2) is 5.13 Å². The van der Waals surface area contributed by atoms with Gasteiger partial charge >= 0.3 is 0 Å². The second kappa shape index (κ2) is 7.51. The first-order valence-electron chi connectivity index (χ1n) is 9.01. The molecule has 4 rings (SSSR count). The Bertz CT molecular complexity index is 923. The summed E-state index contributed by atoms with van der Waals surface area (Å²) in [7, 11) is 0. The number of hydrogen-bond acceptors (Lipinski definition) is 5. The van der Waals surface area contributed by atoms with Crippen molar-refractivity contribution in [1.82, 2.24) is 14.9 Å². The molecule has 1 atom stereocenters. The molecule has 134 valence electrons. The fourth-order valence-corrected chi connectivity index (χ4v) is 4.15. The van der Waals surface area contributed by atoms with Crippen molar-refractivity contribution in [3.8, 4) is 0 Å². The highest BCUT2D eigenvalue weighted by Gasteiger charge is 2.18. The van der Waals surface area contributed by atoms with Gasteiger partial charge in [-0.2, -0.15) is 0 Å². The third-order valence-corrected chi connectivity index (χ3v) is 5.54. The van der Waals surface area contributed by atoms with E-state index < -0.39 is 0 Å². The zero-order valence-corrected chi connectivity index (χ0v) is 15.6. The fourth-order valence-electron chi connectivity index (χ4n) is 3.45. The standard InChI is InChI=1S/C20H22N4OS/c1-14-5-4-10-24(11-14)12-16-13-26-20(21-16)23-19(25)18-9-8-15-6-2-3-7-17(15)22-18/h2-3,6-9,13-14H,4-5,10-12H2,1H3,(H,21,23,25). The van der Waals surface area contributed by atoms with Crippen molar-refractivity contribution >= 4 is 33.3 Å². The van der Waals surface area contributed by atoms with Crippen LogP contribution in [0, 0.1) is 5.92 Å². The van der Waals surface area contributed by atoms with E-state index in [0.717, 1.165) is 42.1 Å². The van der Waals surface area contributed by atoms with Crippen molar-refractivity contribution in [3.63, 3.8) is 0 Å². The molecule has 0 spiro atoms. The summed E-state index contributed by atoms with van der Waals surface area (Å²) in [6, 6.07) is 11.4. The lowest BCUT2D eigenvalue weighted by molar-refractivity contribution is 0.102. The van der Waals surface area contributed by atoms with Gasteiger partial charge in [0.1, 0.15) is 5.69 Å². The first-order chi connectivity index (χ1) is 12.7. The van der Waals surface area contributed by atoms with Gasteiger partial charge < -0.3 is 0 Å². The maximum absolute atomic E-state index is 12.5. The SMILES string of the molecule is CC1CCCN(Cc2csc(NC(=O)c3ccc4ccccc4n3)n2)C1. The lowest BCUT2D eigenvalue weighted by Crippen LogP contribution is -2.33. The Morgan fingerprint density at radius 1 is 1.27 bits per heavy atom. The van der Waals surface area contributed by atoms with Gasteiger partial charge in [-0.05, 0) is 37.4 Å². The van der Waals surface area contributed by atoms with E-state index in [-0.39, 0.29) is 5.91 Å². The number of amides is 1. The molecule has 3 heterocycles. The van der Waals surface area contributed by atoms with Crippen molar-refractivity contribution in [2.75, 3.05) is 18.4 Å².